The van der Waals surface area contributed by atoms with Crippen molar-refractivity contribution in [2.24, 2.45) is 10.7 Å². The third kappa shape index (κ3) is 3.23. The second-order valence-electron chi connectivity index (χ2n) is 6.41. The molecule has 0 amide bonds. The highest BCUT2D eigenvalue weighted by atomic mass is 79.9. The molecule has 0 radical (unpaired) electrons. The van der Waals surface area contributed by atoms with Crippen molar-refractivity contribution >= 4 is 40.2 Å². The molecule has 5 nitrogen and oxygen atoms in total. The molecule has 0 atom stereocenters. The number of ether oxygens (including phenoxy) is 2. The van der Waals surface area contributed by atoms with Gasteiger partial charge in [-0.3, -0.25) is 0 Å². The van der Waals surface area contributed by atoms with Gasteiger partial charge in [0.1, 0.15) is 0 Å². The Morgan fingerprint density at radius 2 is 1.65 bits per heavy atom. The number of benzene rings is 2. The number of nitrogens with zero attached hydrogens (tertiary/aromatic N) is 2. The van der Waals surface area contributed by atoms with Gasteiger partial charge in [0, 0.05) is 17.6 Å². The molecule has 2 N–H and O–H groups in total. The van der Waals surface area contributed by atoms with Gasteiger partial charge in [-0.1, -0.05) is 17.7 Å². The van der Waals surface area contributed by atoms with Crippen molar-refractivity contribution in [2.75, 3.05) is 14.2 Å². The van der Waals surface area contributed by atoms with Gasteiger partial charge in [-0.25, -0.2) is 4.99 Å². The maximum absolute atomic E-state index is 6.25. The molecule has 0 fully saturated rings. The number of rotatable bonds is 3. The lowest BCUT2D eigenvalue weighted by molar-refractivity contribution is 0.305. The van der Waals surface area contributed by atoms with Crippen molar-refractivity contribution in [1.29, 1.82) is 0 Å². The van der Waals surface area contributed by atoms with E-state index in [2.05, 4.69) is 22.0 Å². The lowest BCUT2D eigenvalue weighted by Crippen LogP contribution is -2.46. The molecule has 1 heterocycles. The number of fused-ring (bicyclic) bond motifs is 2. The number of aliphatic imine (C=N–C) groups is 1. The Hall–Kier alpha value is -1.92. The molecular weight excluding hydrogens is 418 g/mol. The average Bonchev–Trinajstić information content (AvgIpc) is 3.02. The van der Waals surface area contributed by atoms with Gasteiger partial charge in [0.05, 0.1) is 19.9 Å². The maximum atomic E-state index is 6.25. The van der Waals surface area contributed by atoms with Crippen LogP contribution in [-0.2, 0) is 19.4 Å². The Morgan fingerprint density at radius 3 is 2.23 bits per heavy atom. The zero-order chi connectivity index (χ0) is 17.6. The van der Waals surface area contributed by atoms with Crippen LogP contribution in [0.5, 0.6) is 11.5 Å². The van der Waals surface area contributed by atoms with Gasteiger partial charge < -0.3 is 20.1 Å². The van der Waals surface area contributed by atoms with Crippen LogP contribution in [0.1, 0.15) is 16.7 Å². The van der Waals surface area contributed by atoms with Crippen LogP contribution in [0.2, 0.25) is 5.02 Å². The second-order valence-corrected chi connectivity index (χ2v) is 6.85. The summed E-state index contributed by atoms with van der Waals surface area (Å²) >= 11 is 6.06. The maximum Gasteiger partial charge on any atom is 0.197 e. The van der Waals surface area contributed by atoms with Gasteiger partial charge in [0.25, 0.3) is 0 Å². The first kappa shape index (κ1) is 18.9. The fraction of sp³-hybridized carbons (Fsp3) is 0.316. The van der Waals surface area contributed by atoms with Crippen molar-refractivity contribution in [1.82, 2.24) is 4.90 Å². The Balaban J connectivity index is 0.00000196. The van der Waals surface area contributed by atoms with Gasteiger partial charge in [-0.05, 0) is 53.8 Å². The Morgan fingerprint density at radius 1 is 1.04 bits per heavy atom. The molecule has 0 saturated heterocycles. The predicted molar refractivity (Wildman–Crippen MR) is 109 cm³/mol. The monoisotopic (exact) mass is 437 g/mol. The number of guanidine groups is 1. The summed E-state index contributed by atoms with van der Waals surface area (Å²) in [6.07, 6.45) is 1.82. The number of hydrogen-bond donors (Lipinski definition) is 1. The van der Waals surface area contributed by atoms with Crippen LogP contribution in [0.25, 0.3) is 0 Å². The molecule has 1 aliphatic carbocycles. The van der Waals surface area contributed by atoms with E-state index < -0.39 is 0 Å². The van der Waals surface area contributed by atoms with E-state index in [0.29, 0.717) is 11.0 Å². The van der Waals surface area contributed by atoms with E-state index in [0.717, 1.165) is 42.1 Å². The largest absolute Gasteiger partial charge is 0.493 e. The summed E-state index contributed by atoms with van der Waals surface area (Å²) in [5.41, 5.74) is 10.8. The summed E-state index contributed by atoms with van der Waals surface area (Å²) < 4.78 is 10.8. The van der Waals surface area contributed by atoms with Crippen molar-refractivity contribution in [3.05, 3.63) is 52.0 Å². The molecule has 2 aliphatic rings. The summed E-state index contributed by atoms with van der Waals surface area (Å²) in [4.78, 5) is 6.73. The van der Waals surface area contributed by atoms with E-state index in [1.165, 1.54) is 11.1 Å². The third-order valence-corrected chi connectivity index (χ3v) is 5.21. The van der Waals surface area contributed by atoms with E-state index in [1.54, 1.807) is 14.2 Å². The first-order valence-electron chi connectivity index (χ1n) is 8.22. The molecule has 2 aromatic carbocycles. The average molecular weight is 439 g/mol. The summed E-state index contributed by atoms with van der Waals surface area (Å²) in [6, 6.07) is 10.2. The second kappa shape index (κ2) is 7.37. The highest BCUT2D eigenvalue weighted by Crippen LogP contribution is 2.37. The van der Waals surface area contributed by atoms with Gasteiger partial charge in [0.15, 0.2) is 17.5 Å². The van der Waals surface area contributed by atoms with E-state index >= 15 is 0 Å². The molecule has 138 valence electrons. The van der Waals surface area contributed by atoms with Crippen molar-refractivity contribution < 1.29 is 9.47 Å². The van der Waals surface area contributed by atoms with Gasteiger partial charge in [0.2, 0.25) is 0 Å². The fourth-order valence-corrected chi connectivity index (χ4v) is 3.85. The van der Waals surface area contributed by atoms with E-state index in [9.17, 15) is 0 Å². The van der Waals surface area contributed by atoms with Gasteiger partial charge >= 0.3 is 0 Å². The molecule has 0 saturated carbocycles. The first-order valence-corrected chi connectivity index (χ1v) is 8.60. The normalized spacial score (nSPS) is 15.7. The quantitative estimate of drug-likeness (QED) is 0.790. The van der Waals surface area contributed by atoms with Gasteiger partial charge in [-0.2, -0.15) is 0 Å². The molecule has 0 bridgehead atoms. The van der Waals surface area contributed by atoms with Crippen LogP contribution in [0.15, 0.2) is 35.3 Å². The first-order chi connectivity index (χ1) is 12.1. The number of halogens is 2. The van der Waals surface area contributed by atoms with E-state index in [1.807, 2.05) is 18.2 Å². The van der Waals surface area contributed by atoms with Crippen LogP contribution in [0, 0.1) is 0 Å². The highest BCUT2D eigenvalue weighted by Gasteiger charge is 2.31. The number of nitrogens with two attached hydrogens (primary N) is 1. The van der Waals surface area contributed by atoms with E-state index in [4.69, 9.17) is 26.8 Å². The molecule has 0 spiro atoms. The summed E-state index contributed by atoms with van der Waals surface area (Å²) in [7, 11) is 3.32. The molecule has 2 aromatic rings. The minimum atomic E-state index is 0. The Labute approximate surface area is 168 Å². The topological polar surface area (TPSA) is 60.1 Å². The lowest BCUT2D eigenvalue weighted by Gasteiger charge is -2.33. The highest BCUT2D eigenvalue weighted by molar-refractivity contribution is 8.93. The van der Waals surface area contributed by atoms with Crippen LogP contribution >= 0.6 is 28.6 Å². The molecule has 4 rings (SSSR count). The summed E-state index contributed by atoms with van der Waals surface area (Å²) in [6.45, 7) is 0.745. The minimum absolute atomic E-state index is 0. The molecule has 0 aromatic heterocycles. The smallest absolute Gasteiger partial charge is 0.197 e. The third-order valence-electron chi connectivity index (χ3n) is 4.97. The lowest BCUT2D eigenvalue weighted by atomic mass is 10.1. The standard InChI is InChI=1S/C19H20ClN3O2.BrH/c1-24-17-7-12-5-15(6-13(12)8-18(17)25-2)23-10-11-3-4-14(20)9-16(11)22-19(23)21;/h3-4,7-9,15H,5-6,10H2,1-2H3,(H2,21,22);1H. The molecule has 26 heavy (non-hydrogen) atoms. The van der Waals surface area contributed by atoms with Crippen LogP contribution in [0.3, 0.4) is 0 Å². The summed E-state index contributed by atoms with van der Waals surface area (Å²) in [5, 5.41) is 0.677. The number of hydrogen-bond acceptors (Lipinski definition) is 5. The molecule has 1 aliphatic heterocycles. The fourth-order valence-electron chi connectivity index (χ4n) is 3.69. The van der Waals surface area contributed by atoms with Crippen molar-refractivity contribution in [3.63, 3.8) is 0 Å². The zero-order valence-electron chi connectivity index (χ0n) is 14.7. The number of methoxy groups -OCH3 is 2. The Bertz CT molecular complexity index is 839. The van der Waals surface area contributed by atoms with Crippen LogP contribution in [-0.4, -0.2) is 31.1 Å². The van der Waals surface area contributed by atoms with Crippen molar-refractivity contribution in [3.8, 4) is 11.5 Å². The predicted octanol–water partition coefficient (Wildman–Crippen LogP) is 3.86. The van der Waals surface area contributed by atoms with Crippen LogP contribution < -0.4 is 15.2 Å². The van der Waals surface area contributed by atoms with Gasteiger partial charge in [-0.15, -0.1) is 17.0 Å². The molecular formula is C19H21BrClN3O2. The van der Waals surface area contributed by atoms with Crippen LogP contribution in [0.4, 0.5) is 5.69 Å². The molecule has 0 unspecified atom stereocenters. The van der Waals surface area contributed by atoms with E-state index in [-0.39, 0.29) is 23.0 Å². The zero-order valence-corrected chi connectivity index (χ0v) is 17.1. The van der Waals surface area contributed by atoms with Crippen molar-refractivity contribution in [2.45, 2.75) is 25.4 Å². The summed E-state index contributed by atoms with van der Waals surface area (Å²) in [5.74, 6) is 2.08. The SMILES string of the molecule is Br.COc1cc2c(cc1OC)CC(N1Cc3ccc(Cl)cc3N=C1N)C2. The minimum Gasteiger partial charge on any atom is -0.493 e. The Kier molecular flexibility index (Phi) is 5.34. The molecule has 7 heteroatoms.